The van der Waals surface area contributed by atoms with Crippen LogP contribution >= 0.6 is 0 Å². The normalized spacial score (nSPS) is 10.2. The van der Waals surface area contributed by atoms with E-state index in [1.54, 1.807) is 21.0 Å². The summed E-state index contributed by atoms with van der Waals surface area (Å²) < 4.78 is 4.65. The van der Waals surface area contributed by atoms with Crippen LogP contribution in [0.1, 0.15) is 13.8 Å². The number of hydrogen-bond acceptors (Lipinski definition) is 2. The summed E-state index contributed by atoms with van der Waals surface area (Å²) in [7, 11) is 1.57. The van der Waals surface area contributed by atoms with E-state index in [4.69, 9.17) is 5.11 Å². The monoisotopic (exact) mass is 128 g/mol. The molecule has 0 aromatic rings. The lowest BCUT2D eigenvalue weighted by Crippen LogP contribution is -2.14. The van der Waals surface area contributed by atoms with Gasteiger partial charge in [-0.25, -0.2) is 0 Å². The average Bonchev–Trinajstić information content (AvgIpc) is 1.63. The van der Waals surface area contributed by atoms with Gasteiger partial charge in [0.2, 0.25) is 0 Å². The highest BCUT2D eigenvalue weighted by molar-refractivity contribution is 5.09. The maximum Gasteiger partial charge on any atom is 0.120 e. The minimum absolute atomic E-state index is 0.379. The van der Waals surface area contributed by atoms with Crippen molar-refractivity contribution in [3.63, 3.8) is 0 Å². The number of methoxy groups -OCH3 is 1. The van der Waals surface area contributed by atoms with E-state index >= 15 is 0 Å². The van der Waals surface area contributed by atoms with Gasteiger partial charge in [0.25, 0.3) is 0 Å². The van der Waals surface area contributed by atoms with Crippen LogP contribution in [-0.2, 0) is 4.74 Å². The summed E-state index contributed by atoms with van der Waals surface area (Å²) in [6.45, 7) is 3.65. The van der Waals surface area contributed by atoms with Gasteiger partial charge in [-0.3, -0.25) is 0 Å². The van der Waals surface area contributed by atoms with Crippen molar-refractivity contribution in [2.45, 2.75) is 19.4 Å². The van der Waals surface area contributed by atoms with Crippen LogP contribution in [0.15, 0.2) is 0 Å². The lowest BCUT2D eigenvalue weighted by Gasteiger charge is -2.05. The second-order valence-corrected chi connectivity index (χ2v) is 2.29. The Morgan fingerprint density at radius 1 is 1.56 bits per heavy atom. The fraction of sp³-hybridized carbons (Fsp3) is 0.714. The van der Waals surface area contributed by atoms with E-state index in [1.165, 1.54) is 0 Å². The van der Waals surface area contributed by atoms with Gasteiger partial charge in [0, 0.05) is 7.11 Å². The molecule has 0 radical (unpaired) electrons. The quantitative estimate of drug-likeness (QED) is 0.518. The molecule has 9 heavy (non-hydrogen) atoms. The molecule has 0 aromatic heterocycles. The van der Waals surface area contributed by atoms with Gasteiger partial charge in [0.05, 0.1) is 0 Å². The summed E-state index contributed by atoms with van der Waals surface area (Å²) in [5.74, 6) is 5.26. The minimum atomic E-state index is -0.890. The van der Waals surface area contributed by atoms with Crippen LogP contribution in [0.2, 0.25) is 0 Å². The first kappa shape index (κ1) is 8.48. The van der Waals surface area contributed by atoms with Gasteiger partial charge >= 0.3 is 0 Å². The summed E-state index contributed by atoms with van der Waals surface area (Å²) in [6.07, 6.45) is 0. The van der Waals surface area contributed by atoms with Crippen LogP contribution in [0, 0.1) is 11.8 Å². The third-order valence-corrected chi connectivity index (χ3v) is 0.611. The van der Waals surface area contributed by atoms with Crippen molar-refractivity contribution in [1.29, 1.82) is 0 Å². The Bertz CT molecular complexity index is 122. The summed E-state index contributed by atoms with van der Waals surface area (Å²) in [5, 5.41) is 9.02. The molecule has 1 N–H and O–H groups in total. The highest BCUT2D eigenvalue weighted by Crippen LogP contribution is 1.95. The van der Waals surface area contributed by atoms with Crippen molar-refractivity contribution < 1.29 is 9.84 Å². The first-order valence-corrected chi connectivity index (χ1v) is 2.77. The van der Waals surface area contributed by atoms with E-state index in [-0.39, 0.29) is 0 Å². The van der Waals surface area contributed by atoms with Crippen molar-refractivity contribution in [1.82, 2.24) is 0 Å². The van der Waals surface area contributed by atoms with Crippen molar-refractivity contribution in [2.24, 2.45) is 0 Å². The summed E-state index contributed by atoms with van der Waals surface area (Å²) in [4.78, 5) is 0. The SMILES string of the molecule is COCC#CC(C)(C)O. The van der Waals surface area contributed by atoms with Gasteiger partial charge in [-0.1, -0.05) is 11.8 Å². The van der Waals surface area contributed by atoms with Crippen LogP contribution in [0.5, 0.6) is 0 Å². The molecule has 0 fully saturated rings. The first-order valence-electron chi connectivity index (χ1n) is 2.77. The van der Waals surface area contributed by atoms with Gasteiger partial charge in [-0.2, -0.15) is 0 Å². The predicted octanol–water partition coefficient (Wildman–Crippen LogP) is 0.407. The molecule has 0 aliphatic rings. The predicted molar refractivity (Wildman–Crippen MR) is 35.9 cm³/mol. The van der Waals surface area contributed by atoms with Crippen LogP contribution in [0.4, 0.5) is 0 Å². The van der Waals surface area contributed by atoms with Crippen LogP contribution in [-0.4, -0.2) is 24.4 Å². The molecule has 0 aromatic carbocycles. The topological polar surface area (TPSA) is 29.5 Å². The third-order valence-electron chi connectivity index (χ3n) is 0.611. The smallest absolute Gasteiger partial charge is 0.120 e. The Morgan fingerprint density at radius 3 is 2.44 bits per heavy atom. The van der Waals surface area contributed by atoms with Crippen molar-refractivity contribution in [3.05, 3.63) is 0 Å². The maximum atomic E-state index is 9.02. The maximum absolute atomic E-state index is 9.02. The van der Waals surface area contributed by atoms with E-state index in [9.17, 15) is 0 Å². The Morgan fingerprint density at radius 2 is 2.11 bits per heavy atom. The average molecular weight is 128 g/mol. The molecule has 0 amide bonds. The molecule has 0 atom stereocenters. The largest absolute Gasteiger partial charge is 0.378 e. The molecule has 2 heteroatoms. The molecule has 2 nitrogen and oxygen atoms in total. The van der Waals surface area contributed by atoms with Gasteiger partial charge < -0.3 is 9.84 Å². The molecule has 0 heterocycles. The van der Waals surface area contributed by atoms with Crippen molar-refractivity contribution in [2.75, 3.05) is 13.7 Å². The molecule has 0 saturated heterocycles. The zero-order valence-electron chi connectivity index (χ0n) is 6.06. The van der Waals surface area contributed by atoms with Gasteiger partial charge in [0.15, 0.2) is 0 Å². The standard InChI is InChI=1S/C7H12O2/c1-7(2,8)5-4-6-9-3/h8H,6H2,1-3H3. The molecule has 0 bridgehead atoms. The highest BCUT2D eigenvalue weighted by atomic mass is 16.5. The highest BCUT2D eigenvalue weighted by Gasteiger charge is 2.04. The third kappa shape index (κ3) is 7.48. The molecule has 0 spiro atoms. The zero-order valence-corrected chi connectivity index (χ0v) is 6.06. The first-order chi connectivity index (χ1) is 4.06. The minimum Gasteiger partial charge on any atom is -0.378 e. The summed E-state index contributed by atoms with van der Waals surface area (Å²) in [5.41, 5.74) is -0.890. The Labute approximate surface area is 55.8 Å². The van der Waals surface area contributed by atoms with E-state index in [0.717, 1.165) is 0 Å². The number of aliphatic hydroxyl groups is 1. The Balaban J connectivity index is 3.59. The lowest BCUT2D eigenvalue weighted by molar-refractivity contribution is 0.143. The molecule has 0 aliphatic heterocycles. The zero-order chi connectivity index (χ0) is 7.33. The fourth-order valence-corrected chi connectivity index (χ4v) is 0.325. The second-order valence-electron chi connectivity index (χ2n) is 2.29. The summed E-state index contributed by atoms with van der Waals surface area (Å²) >= 11 is 0. The molecule has 0 unspecified atom stereocenters. The molecular formula is C7H12O2. The van der Waals surface area contributed by atoms with Crippen LogP contribution < -0.4 is 0 Å². The van der Waals surface area contributed by atoms with E-state index in [0.29, 0.717) is 6.61 Å². The van der Waals surface area contributed by atoms with Gasteiger partial charge in [0.1, 0.15) is 12.2 Å². The molecule has 0 aliphatic carbocycles. The number of ether oxygens (including phenoxy) is 1. The lowest BCUT2D eigenvalue weighted by atomic mass is 10.1. The van der Waals surface area contributed by atoms with Crippen LogP contribution in [0.25, 0.3) is 0 Å². The Kier molecular flexibility index (Phi) is 3.29. The fourth-order valence-electron chi connectivity index (χ4n) is 0.325. The van der Waals surface area contributed by atoms with E-state index in [1.807, 2.05) is 0 Å². The molecular weight excluding hydrogens is 116 g/mol. The van der Waals surface area contributed by atoms with E-state index in [2.05, 4.69) is 16.6 Å². The number of rotatable bonds is 1. The molecule has 52 valence electrons. The van der Waals surface area contributed by atoms with Crippen LogP contribution in [0.3, 0.4) is 0 Å². The molecule has 0 rings (SSSR count). The summed E-state index contributed by atoms with van der Waals surface area (Å²) in [6, 6.07) is 0. The van der Waals surface area contributed by atoms with Crippen molar-refractivity contribution >= 4 is 0 Å². The number of hydrogen-bond donors (Lipinski definition) is 1. The van der Waals surface area contributed by atoms with Crippen molar-refractivity contribution in [3.8, 4) is 11.8 Å². The van der Waals surface area contributed by atoms with E-state index < -0.39 is 5.60 Å². The second kappa shape index (κ2) is 3.49. The molecule has 0 saturated carbocycles. The van der Waals surface area contributed by atoms with Gasteiger partial charge in [-0.15, -0.1) is 0 Å². The Hall–Kier alpha value is -0.520. The van der Waals surface area contributed by atoms with Gasteiger partial charge in [-0.05, 0) is 13.8 Å².